The molecule has 0 spiro atoms. The second kappa shape index (κ2) is 6.49. The molecule has 0 unspecified atom stereocenters. The molecule has 1 aliphatic heterocycles. The topological polar surface area (TPSA) is 66.4 Å². The van der Waals surface area contributed by atoms with E-state index in [2.05, 4.69) is 16.0 Å². The molecule has 1 saturated heterocycles. The number of pyridine rings is 2. The summed E-state index contributed by atoms with van der Waals surface area (Å²) in [6.45, 7) is 2.94. The van der Waals surface area contributed by atoms with Gasteiger partial charge in [-0.2, -0.15) is 4.31 Å². The fraction of sp³-hybridized carbons (Fsp3) is 0.412. The largest absolute Gasteiger partial charge is 0.378 e. The molecule has 0 radical (unpaired) electrons. The quantitative estimate of drug-likeness (QED) is 0.847. The van der Waals surface area contributed by atoms with Gasteiger partial charge in [0.05, 0.1) is 0 Å². The van der Waals surface area contributed by atoms with E-state index in [1.54, 1.807) is 18.3 Å². The van der Waals surface area contributed by atoms with Crippen molar-refractivity contribution in [3.63, 3.8) is 0 Å². The van der Waals surface area contributed by atoms with Crippen LogP contribution in [0.5, 0.6) is 0 Å². The average Bonchev–Trinajstić information content (AvgIpc) is 3.06. The maximum atomic E-state index is 12.7. The normalized spacial score (nSPS) is 18.7. The van der Waals surface area contributed by atoms with E-state index >= 15 is 0 Å². The maximum Gasteiger partial charge on any atom is 0.244 e. The van der Waals surface area contributed by atoms with Gasteiger partial charge in [0.15, 0.2) is 0 Å². The summed E-state index contributed by atoms with van der Waals surface area (Å²) in [5, 5.41) is 0. The number of nitrogens with zero attached hydrogens (tertiary/aromatic N) is 4. The van der Waals surface area contributed by atoms with Gasteiger partial charge in [-0.15, -0.1) is 0 Å². The Morgan fingerprint density at radius 3 is 2.75 bits per heavy atom. The second-order valence-electron chi connectivity index (χ2n) is 6.32. The number of hydrogen-bond donors (Lipinski definition) is 0. The van der Waals surface area contributed by atoms with Crippen LogP contribution in [0.3, 0.4) is 0 Å². The first-order valence-electron chi connectivity index (χ1n) is 7.94. The van der Waals surface area contributed by atoms with Gasteiger partial charge in [0.25, 0.3) is 0 Å². The Kier molecular flexibility index (Phi) is 4.56. The number of aromatic nitrogens is 2. The molecule has 0 N–H and O–H groups in total. The highest BCUT2D eigenvalue weighted by Crippen LogP contribution is 2.31. The first-order valence-corrected chi connectivity index (χ1v) is 9.38. The van der Waals surface area contributed by atoms with E-state index in [1.807, 2.05) is 32.0 Å². The predicted molar refractivity (Wildman–Crippen MR) is 93.7 cm³/mol. The summed E-state index contributed by atoms with van der Waals surface area (Å²) in [6, 6.07) is 7.32. The van der Waals surface area contributed by atoms with Crippen LogP contribution in [0, 0.1) is 6.92 Å². The highest BCUT2D eigenvalue weighted by molar-refractivity contribution is 7.89. The van der Waals surface area contributed by atoms with Gasteiger partial charge in [0.2, 0.25) is 10.0 Å². The molecule has 6 nitrogen and oxygen atoms in total. The Morgan fingerprint density at radius 2 is 2.08 bits per heavy atom. The minimum absolute atomic E-state index is 0.120. The van der Waals surface area contributed by atoms with Gasteiger partial charge in [-0.1, -0.05) is 0 Å². The Bertz CT molecular complexity index is 822. The molecule has 1 atom stereocenters. The van der Waals surface area contributed by atoms with E-state index in [0.29, 0.717) is 13.1 Å². The van der Waals surface area contributed by atoms with Crippen LogP contribution in [0.2, 0.25) is 0 Å². The number of anilines is 1. The smallest absolute Gasteiger partial charge is 0.244 e. The van der Waals surface area contributed by atoms with E-state index < -0.39 is 10.0 Å². The molecule has 3 heterocycles. The highest BCUT2D eigenvalue weighted by Gasteiger charge is 2.34. The van der Waals surface area contributed by atoms with E-state index in [1.165, 1.54) is 10.5 Å². The summed E-state index contributed by atoms with van der Waals surface area (Å²) in [5.41, 5.74) is 3.00. The lowest BCUT2D eigenvalue weighted by Crippen LogP contribution is -2.28. The Morgan fingerprint density at radius 1 is 1.29 bits per heavy atom. The van der Waals surface area contributed by atoms with Crippen LogP contribution in [0.25, 0.3) is 0 Å². The van der Waals surface area contributed by atoms with Gasteiger partial charge < -0.3 is 4.90 Å². The lowest BCUT2D eigenvalue weighted by molar-refractivity contribution is 0.472. The zero-order valence-electron chi connectivity index (χ0n) is 14.2. The summed E-state index contributed by atoms with van der Waals surface area (Å²) in [5.74, 6) is 0.120. The van der Waals surface area contributed by atoms with Crippen molar-refractivity contribution in [2.24, 2.45) is 0 Å². The minimum atomic E-state index is -3.48. The molecule has 3 rings (SSSR count). The molecule has 0 bridgehead atoms. The highest BCUT2D eigenvalue weighted by atomic mass is 32.2. The Balaban J connectivity index is 1.84. The molecule has 2 aromatic rings. The van der Waals surface area contributed by atoms with Crippen LogP contribution >= 0.6 is 0 Å². The summed E-state index contributed by atoms with van der Waals surface area (Å²) in [6.07, 6.45) is 3.76. The van der Waals surface area contributed by atoms with Crippen molar-refractivity contribution in [3.8, 4) is 0 Å². The van der Waals surface area contributed by atoms with Gasteiger partial charge in [-0.25, -0.2) is 8.42 Å². The number of hydrogen-bond acceptors (Lipinski definition) is 5. The predicted octanol–water partition coefficient (Wildman–Crippen LogP) is 2.03. The maximum absolute atomic E-state index is 12.7. The zero-order valence-corrected chi connectivity index (χ0v) is 15.0. The van der Waals surface area contributed by atoms with E-state index in [9.17, 15) is 8.42 Å². The first-order chi connectivity index (χ1) is 11.4. The fourth-order valence-electron chi connectivity index (χ4n) is 2.98. The molecular formula is C17H22N4O2S. The lowest BCUT2D eigenvalue weighted by atomic mass is 10.0. The first kappa shape index (κ1) is 16.9. The summed E-state index contributed by atoms with van der Waals surface area (Å²) in [4.78, 5) is 10.8. The molecule has 1 aliphatic rings. The van der Waals surface area contributed by atoms with Crippen LogP contribution in [0.4, 0.5) is 5.69 Å². The zero-order chi connectivity index (χ0) is 17.3. The molecule has 0 saturated carbocycles. The van der Waals surface area contributed by atoms with Gasteiger partial charge in [-0.05, 0) is 37.6 Å². The minimum Gasteiger partial charge on any atom is -0.378 e. The monoisotopic (exact) mass is 346 g/mol. The van der Waals surface area contributed by atoms with Crippen molar-refractivity contribution >= 4 is 15.7 Å². The Hall–Kier alpha value is -1.99. The number of rotatable bonds is 4. The third kappa shape index (κ3) is 3.27. The van der Waals surface area contributed by atoms with Crippen molar-refractivity contribution < 1.29 is 8.42 Å². The van der Waals surface area contributed by atoms with E-state index in [4.69, 9.17) is 0 Å². The summed E-state index contributed by atoms with van der Waals surface area (Å²) >= 11 is 0. The Labute approximate surface area is 143 Å². The molecule has 24 heavy (non-hydrogen) atoms. The molecule has 1 fully saturated rings. The molecular weight excluding hydrogens is 324 g/mol. The van der Waals surface area contributed by atoms with Crippen LogP contribution in [-0.2, 0) is 10.0 Å². The molecule has 128 valence electrons. The SMILES string of the molecule is Cc1cc(N(C)C)cc([C@H]2CCN(S(=O)(=O)c3cccnc3)C2)n1. The van der Waals surface area contributed by atoms with Gasteiger partial charge in [0, 0.05) is 62.6 Å². The van der Waals surface area contributed by atoms with Crippen LogP contribution in [-0.4, -0.2) is 49.9 Å². The molecule has 0 aromatic carbocycles. The van der Waals surface area contributed by atoms with Crippen molar-refractivity contribution in [2.75, 3.05) is 32.1 Å². The molecule has 0 amide bonds. The van der Waals surface area contributed by atoms with E-state index in [0.717, 1.165) is 23.5 Å². The lowest BCUT2D eigenvalue weighted by Gasteiger charge is -2.18. The van der Waals surface area contributed by atoms with Gasteiger partial charge in [0.1, 0.15) is 4.90 Å². The summed E-state index contributed by atoms with van der Waals surface area (Å²) < 4.78 is 27.0. The van der Waals surface area contributed by atoms with Crippen molar-refractivity contribution in [1.29, 1.82) is 0 Å². The number of sulfonamides is 1. The van der Waals surface area contributed by atoms with Crippen molar-refractivity contribution in [3.05, 3.63) is 48.0 Å². The molecule has 0 aliphatic carbocycles. The van der Waals surface area contributed by atoms with Crippen LogP contribution in [0.1, 0.15) is 23.7 Å². The van der Waals surface area contributed by atoms with Crippen molar-refractivity contribution in [2.45, 2.75) is 24.2 Å². The molecule has 7 heteroatoms. The van der Waals surface area contributed by atoms with E-state index in [-0.39, 0.29) is 10.8 Å². The summed E-state index contributed by atoms with van der Waals surface area (Å²) in [7, 11) is 0.501. The third-order valence-corrected chi connectivity index (χ3v) is 6.16. The van der Waals surface area contributed by atoms with Gasteiger partial charge >= 0.3 is 0 Å². The second-order valence-corrected chi connectivity index (χ2v) is 8.26. The van der Waals surface area contributed by atoms with Crippen LogP contribution < -0.4 is 4.90 Å². The average molecular weight is 346 g/mol. The number of aryl methyl sites for hydroxylation is 1. The third-order valence-electron chi connectivity index (χ3n) is 4.32. The van der Waals surface area contributed by atoms with Gasteiger partial charge in [-0.3, -0.25) is 9.97 Å². The van der Waals surface area contributed by atoms with Crippen molar-refractivity contribution in [1.82, 2.24) is 14.3 Å². The standard InChI is InChI=1S/C17H22N4O2S/c1-13-9-15(20(2)3)10-17(19-13)14-6-8-21(12-14)24(22,23)16-5-4-7-18-11-16/h4-5,7,9-11,14H,6,8,12H2,1-3H3/t14-/m0/s1. The fourth-order valence-corrected chi connectivity index (χ4v) is 4.44. The molecule has 2 aromatic heterocycles. The van der Waals surface area contributed by atoms with Crippen LogP contribution in [0.15, 0.2) is 41.6 Å².